The van der Waals surface area contributed by atoms with Crippen molar-refractivity contribution < 1.29 is 34.0 Å². The van der Waals surface area contributed by atoms with Crippen molar-refractivity contribution in [2.75, 3.05) is 20.2 Å². The van der Waals surface area contributed by atoms with Gasteiger partial charge in [0.05, 0.1) is 48.3 Å². The lowest BCUT2D eigenvalue weighted by atomic mass is 9.25. The molecule has 2 rings (SSSR count). The highest BCUT2D eigenvalue weighted by Gasteiger charge is 2.71. The SMILES string of the molecule is [B]C1([B])N(CC(=O)OC)C([B])(O)C([B])(O)C([B])(CNC(=O)c2cc(F)cc(Cl)c2)C1([B])O. The van der Waals surface area contributed by atoms with Crippen LogP contribution in [-0.2, 0) is 9.53 Å². The van der Waals surface area contributed by atoms with Crippen molar-refractivity contribution in [1.29, 1.82) is 0 Å². The van der Waals surface area contributed by atoms with Crippen LogP contribution >= 0.6 is 11.6 Å². The highest BCUT2D eigenvalue weighted by atomic mass is 35.5. The first-order chi connectivity index (χ1) is 14.4. The van der Waals surface area contributed by atoms with Gasteiger partial charge in [0, 0.05) is 22.6 Å². The summed E-state index contributed by atoms with van der Waals surface area (Å²) in [6.07, 6.45) is 0. The third kappa shape index (κ3) is 3.92. The van der Waals surface area contributed by atoms with Gasteiger partial charge in [-0.3, -0.25) is 14.5 Å². The summed E-state index contributed by atoms with van der Waals surface area (Å²) in [5, 5.41) is 29.1. The van der Waals surface area contributed by atoms with Gasteiger partial charge in [0.25, 0.3) is 5.91 Å². The molecular formula is C16H14B6ClFN2O6. The van der Waals surface area contributed by atoms with Crippen molar-refractivity contribution >= 4 is 70.6 Å². The Morgan fingerprint density at radius 2 is 1.66 bits per heavy atom. The maximum Gasteiger partial charge on any atom is 0.319 e. The van der Waals surface area contributed by atoms with E-state index >= 15 is 0 Å². The average Bonchev–Trinajstić information content (AvgIpc) is 2.67. The van der Waals surface area contributed by atoms with E-state index in [2.05, 4.69) is 10.1 Å². The minimum absolute atomic E-state index is 0.0985. The summed E-state index contributed by atoms with van der Waals surface area (Å²) in [7, 11) is 36.2. The number of benzene rings is 1. The van der Waals surface area contributed by atoms with Crippen LogP contribution in [-0.4, -0.2) is 121 Å². The molecule has 4 N–H and O–H groups in total. The first kappa shape index (κ1) is 26.9. The van der Waals surface area contributed by atoms with Crippen LogP contribution in [0, 0.1) is 5.82 Å². The Morgan fingerprint density at radius 3 is 2.16 bits per heavy atom. The number of rotatable bonds is 5. The number of hydrogen-bond acceptors (Lipinski definition) is 7. The normalized spacial score (nSPS) is 34.6. The van der Waals surface area contributed by atoms with Gasteiger partial charge in [0.2, 0.25) is 0 Å². The number of carbonyl (C=O) groups excluding carboxylic acids is 2. The zero-order valence-electron chi connectivity index (χ0n) is 16.9. The van der Waals surface area contributed by atoms with Gasteiger partial charge in [-0.05, 0) is 28.9 Å². The molecule has 0 aliphatic carbocycles. The molecular weight excluding hydrogens is 436 g/mol. The third-order valence-electron chi connectivity index (χ3n) is 5.56. The summed E-state index contributed by atoms with van der Waals surface area (Å²) in [5.74, 6) is -2.87. The Kier molecular flexibility index (Phi) is 7.08. The van der Waals surface area contributed by atoms with Crippen molar-refractivity contribution in [2.45, 2.75) is 27.3 Å². The molecule has 0 aromatic heterocycles. The molecule has 1 aromatic rings. The summed E-state index contributed by atoms with van der Waals surface area (Å²) in [6, 6.07) is 2.89. The second kappa shape index (κ2) is 8.43. The molecule has 0 saturated carbocycles. The minimum atomic E-state index is -3.27. The van der Waals surface area contributed by atoms with E-state index in [0.29, 0.717) is 0 Å². The van der Waals surface area contributed by atoms with Crippen molar-refractivity contribution in [2.24, 2.45) is 0 Å². The Labute approximate surface area is 197 Å². The summed E-state index contributed by atoms with van der Waals surface area (Å²) in [5.41, 5.74) is -9.86. The largest absolute Gasteiger partial charge is 0.468 e. The Morgan fingerprint density at radius 1 is 1.09 bits per heavy atom. The number of hydrogen-bond donors (Lipinski definition) is 4. The lowest BCUT2D eigenvalue weighted by Crippen LogP contribution is -2.90. The number of methoxy groups -OCH3 is 1. The number of halogens is 2. The fourth-order valence-electron chi connectivity index (χ4n) is 3.39. The van der Waals surface area contributed by atoms with Crippen LogP contribution in [0.15, 0.2) is 18.2 Å². The highest BCUT2D eigenvalue weighted by Crippen LogP contribution is 2.56. The van der Waals surface area contributed by atoms with E-state index in [4.69, 9.17) is 58.7 Å². The number of carbonyl (C=O) groups is 2. The van der Waals surface area contributed by atoms with E-state index in [-0.39, 0.29) is 15.5 Å². The summed E-state index contributed by atoms with van der Waals surface area (Å²) in [4.78, 5) is 24.5. The van der Waals surface area contributed by atoms with E-state index in [1.165, 1.54) is 0 Å². The topological polar surface area (TPSA) is 119 Å². The predicted molar refractivity (Wildman–Crippen MR) is 117 cm³/mol. The van der Waals surface area contributed by atoms with Crippen molar-refractivity contribution in [3.05, 3.63) is 34.6 Å². The summed E-state index contributed by atoms with van der Waals surface area (Å²) >= 11 is 5.71. The predicted octanol–water partition coefficient (Wildman–Crippen LogP) is -3.46. The number of likely N-dealkylation sites (tertiary alicyclic amines) is 1. The summed E-state index contributed by atoms with van der Waals surface area (Å²) < 4.78 is 18.0. The Balaban J connectivity index is 2.49. The molecule has 1 fully saturated rings. The molecule has 32 heavy (non-hydrogen) atoms. The number of nitrogens with zero attached hydrogens (tertiary/aromatic N) is 1. The number of aliphatic hydroxyl groups is 3. The van der Waals surface area contributed by atoms with Crippen LogP contribution in [0.3, 0.4) is 0 Å². The number of esters is 1. The van der Waals surface area contributed by atoms with Crippen LogP contribution in [0.5, 0.6) is 0 Å². The number of ether oxygens (including phenoxy) is 1. The smallest absolute Gasteiger partial charge is 0.319 e. The van der Waals surface area contributed by atoms with Gasteiger partial charge >= 0.3 is 5.97 Å². The first-order valence-electron chi connectivity index (χ1n) is 8.86. The quantitative estimate of drug-likeness (QED) is 0.273. The molecule has 12 radical (unpaired) electrons. The van der Waals surface area contributed by atoms with E-state index in [1.807, 2.05) is 0 Å². The van der Waals surface area contributed by atoms with E-state index in [0.717, 1.165) is 25.3 Å². The standard InChI is InChI=1S/C16H14B6ClFN2O6/c1-32-10(27)5-26-15(20,21)13(18,29)12(17,14(19,30)16(26,22)31)6-25-11(28)7-2-8(23)4-9(24)3-7/h2-4,29-31H,5-6H2,1H3,(H,25,28). The number of piperidine rings is 1. The first-order valence-corrected chi connectivity index (χ1v) is 9.24. The molecule has 4 atom stereocenters. The fraction of sp³-hybridized carbons (Fsp3) is 0.500. The molecule has 1 aliphatic heterocycles. The second-order valence-electron chi connectivity index (χ2n) is 7.56. The lowest BCUT2D eigenvalue weighted by Gasteiger charge is -2.73. The van der Waals surface area contributed by atoms with Crippen LogP contribution < -0.4 is 5.32 Å². The molecule has 4 unspecified atom stereocenters. The van der Waals surface area contributed by atoms with Crippen LogP contribution in [0.2, 0.25) is 10.3 Å². The lowest BCUT2D eigenvalue weighted by molar-refractivity contribution is -0.240. The van der Waals surface area contributed by atoms with Gasteiger partial charge in [0.15, 0.2) is 0 Å². The average molecular weight is 450 g/mol. The number of nitrogens with one attached hydrogen (secondary N) is 1. The van der Waals surface area contributed by atoms with Crippen LogP contribution in [0.25, 0.3) is 0 Å². The zero-order valence-corrected chi connectivity index (χ0v) is 17.6. The van der Waals surface area contributed by atoms with Crippen molar-refractivity contribution in [3.63, 3.8) is 0 Å². The van der Waals surface area contributed by atoms with Gasteiger partial charge in [-0.1, -0.05) is 11.6 Å². The molecule has 0 bridgehead atoms. The fourth-order valence-corrected chi connectivity index (χ4v) is 3.61. The molecule has 1 aliphatic rings. The minimum Gasteiger partial charge on any atom is -0.468 e. The maximum atomic E-state index is 13.5. The molecule has 1 saturated heterocycles. The van der Waals surface area contributed by atoms with Crippen molar-refractivity contribution in [1.82, 2.24) is 10.2 Å². The van der Waals surface area contributed by atoms with E-state index < -0.39 is 58.1 Å². The van der Waals surface area contributed by atoms with Gasteiger partial charge in [-0.25, -0.2) is 4.39 Å². The second-order valence-corrected chi connectivity index (χ2v) is 8.00. The molecule has 1 aromatic carbocycles. The Bertz CT molecular complexity index is 886. The molecule has 1 heterocycles. The molecule has 16 heteroatoms. The van der Waals surface area contributed by atoms with Gasteiger partial charge in [0.1, 0.15) is 29.4 Å². The van der Waals surface area contributed by atoms with Gasteiger partial charge < -0.3 is 25.4 Å². The Hall–Kier alpha value is -1.39. The zero-order chi connectivity index (χ0) is 24.9. The summed E-state index contributed by atoms with van der Waals surface area (Å²) in [6.45, 7) is -1.98. The molecule has 1 amide bonds. The van der Waals surface area contributed by atoms with E-state index in [9.17, 15) is 29.3 Å². The third-order valence-corrected chi connectivity index (χ3v) is 5.78. The molecule has 8 nitrogen and oxygen atoms in total. The monoisotopic (exact) mass is 450 g/mol. The van der Waals surface area contributed by atoms with Crippen LogP contribution in [0.1, 0.15) is 10.4 Å². The van der Waals surface area contributed by atoms with Gasteiger partial charge in [-0.15, -0.1) is 0 Å². The molecule has 156 valence electrons. The highest BCUT2D eigenvalue weighted by molar-refractivity contribution is 6.49. The van der Waals surface area contributed by atoms with Gasteiger partial charge in [-0.2, -0.15) is 0 Å². The molecule has 0 spiro atoms. The van der Waals surface area contributed by atoms with Crippen LogP contribution in [0.4, 0.5) is 4.39 Å². The maximum absolute atomic E-state index is 13.5. The van der Waals surface area contributed by atoms with E-state index in [1.54, 1.807) is 0 Å². The van der Waals surface area contributed by atoms with Crippen molar-refractivity contribution in [3.8, 4) is 0 Å². The number of amides is 1.